The maximum Gasteiger partial charge on any atom is 0.404 e. The molecule has 0 saturated heterocycles. The molecule has 2 rings (SSSR count). The molecule has 1 atom stereocenters. The van der Waals surface area contributed by atoms with Crippen molar-refractivity contribution < 1.29 is 14.6 Å². The first kappa shape index (κ1) is 13.7. The maximum atomic E-state index is 10.5. The van der Waals surface area contributed by atoms with Gasteiger partial charge in [-0.1, -0.05) is 32.9 Å². The topological polar surface area (TPSA) is 58.6 Å². The lowest BCUT2D eigenvalue weighted by Crippen LogP contribution is -2.36. The molecule has 0 fully saturated rings. The van der Waals surface area contributed by atoms with E-state index >= 15 is 0 Å². The van der Waals surface area contributed by atoms with E-state index in [4.69, 9.17) is 9.84 Å². The maximum absolute atomic E-state index is 10.5. The Morgan fingerprint density at radius 1 is 1.47 bits per heavy atom. The molecule has 0 aliphatic carbocycles. The first-order chi connectivity index (χ1) is 8.86. The van der Waals surface area contributed by atoms with Crippen LogP contribution in [-0.2, 0) is 11.8 Å². The second kappa shape index (κ2) is 5.11. The van der Waals surface area contributed by atoms with Crippen molar-refractivity contribution in [3.8, 4) is 5.75 Å². The van der Waals surface area contributed by atoms with Gasteiger partial charge < -0.3 is 15.2 Å². The van der Waals surface area contributed by atoms with Crippen LogP contribution in [0.25, 0.3) is 0 Å². The van der Waals surface area contributed by atoms with E-state index in [0.717, 1.165) is 18.6 Å². The highest BCUT2D eigenvalue weighted by molar-refractivity contribution is 5.64. The number of carboxylic acid groups (broad SMARTS) is 1. The Morgan fingerprint density at radius 2 is 2.21 bits per heavy atom. The van der Waals surface area contributed by atoms with Gasteiger partial charge in [0, 0.05) is 0 Å². The van der Waals surface area contributed by atoms with Gasteiger partial charge in [-0.3, -0.25) is 0 Å². The third-order valence-electron chi connectivity index (χ3n) is 3.44. The second-order valence-electron chi connectivity index (χ2n) is 6.04. The molecule has 4 heteroatoms. The summed E-state index contributed by atoms with van der Waals surface area (Å²) in [5, 5.41) is 11.0. The number of carbonyl (C=O) groups is 1. The molecule has 19 heavy (non-hydrogen) atoms. The van der Waals surface area contributed by atoms with E-state index < -0.39 is 6.09 Å². The Kier molecular flexibility index (Phi) is 3.69. The van der Waals surface area contributed by atoms with Crippen molar-refractivity contribution in [2.45, 2.75) is 45.1 Å². The summed E-state index contributed by atoms with van der Waals surface area (Å²) in [4.78, 5) is 10.5. The standard InChI is InChI=1S/C15H21NO3/c1-15(2,3)11-5-7-13-10(8-11)4-6-12(19-13)9-16-14(17)18/h5,7-8,12,16H,4,6,9H2,1-3H3,(H,17,18). The highest BCUT2D eigenvalue weighted by atomic mass is 16.5. The predicted molar refractivity (Wildman–Crippen MR) is 73.9 cm³/mol. The Labute approximate surface area is 113 Å². The molecular formula is C15H21NO3. The molecule has 1 aromatic rings. The zero-order valence-electron chi connectivity index (χ0n) is 11.7. The van der Waals surface area contributed by atoms with Crippen LogP contribution in [0.4, 0.5) is 4.79 Å². The Hall–Kier alpha value is -1.71. The third-order valence-corrected chi connectivity index (χ3v) is 3.44. The fraction of sp³-hybridized carbons (Fsp3) is 0.533. The van der Waals surface area contributed by atoms with Crippen molar-refractivity contribution in [3.05, 3.63) is 29.3 Å². The predicted octanol–water partition coefficient (Wildman–Crippen LogP) is 2.95. The SMILES string of the molecule is CC(C)(C)c1ccc2c(c1)CCC(CNC(=O)O)O2. The zero-order valence-corrected chi connectivity index (χ0v) is 11.7. The fourth-order valence-corrected chi connectivity index (χ4v) is 2.26. The van der Waals surface area contributed by atoms with E-state index in [2.05, 4.69) is 38.2 Å². The molecule has 0 spiro atoms. The van der Waals surface area contributed by atoms with Crippen LogP contribution < -0.4 is 10.1 Å². The molecule has 1 unspecified atom stereocenters. The normalized spacial score (nSPS) is 18.4. The Morgan fingerprint density at radius 3 is 2.84 bits per heavy atom. The second-order valence-corrected chi connectivity index (χ2v) is 6.04. The van der Waals surface area contributed by atoms with Crippen LogP contribution in [0.2, 0.25) is 0 Å². The van der Waals surface area contributed by atoms with Gasteiger partial charge in [0.05, 0.1) is 6.54 Å². The van der Waals surface area contributed by atoms with Gasteiger partial charge in [-0.2, -0.15) is 0 Å². The van der Waals surface area contributed by atoms with E-state index in [0.29, 0.717) is 6.54 Å². The van der Waals surface area contributed by atoms with Crippen molar-refractivity contribution in [3.63, 3.8) is 0 Å². The minimum absolute atomic E-state index is 0.0657. The van der Waals surface area contributed by atoms with Crippen molar-refractivity contribution in [1.82, 2.24) is 5.32 Å². The molecule has 0 bridgehead atoms. The number of nitrogens with one attached hydrogen (secondary N) is 1. The van der Waals surface area contributed by atoms with Crippen molar-refractivity contribution in [2.75, 3.05) is 6.54 Å². The van der Waals surface area contributed by atoms with Gasteiger partial charge in [-0.05, 0) is 35.4 Å². The summed E-state index contributed by atoms with van der Waals surface area (Å²) in [6.45, 7) is 6.92. The van der Waals surface area contributed by atoms with Crippen molar-refractivity contribution in [1.29, 1.82) is 0 Å². The lowest BCUT2D eigenvalue weighted by molar-refractivity contribution is 0.157. The molecule has 0 aromatic heterocycles. The van der Waals surface area contributed by atoms with E-state index in [1.807, 2.05) is 6.07 Å². The quantitative estimate of drug-likeness (QED) is 0.862. The number of fused-ring (bicyclic) bond motifs is 1. The van der Waals surface area contributed by atoms with Gasteiger partial charge in [0.1, 0.15) is 11.9 Å². The van der Waals surface area contributed by atoms with E-state index in [9.17, 15) is 4.79 Å². The highest BCUT2D eigenvalue weighted by Crippen LogP contribution is 2.32. The summed E-state index contributed by atoms with van der Waals surface area (Å²) in [5.41, 5.74) is 2.66. The molecule has 1 aliphatic heterocycles. The fourth-order valence-electron chi connectivity index (χ4n) is 2.26. The molecule has 0 radical (unpaired) electrons. The van der Waals surface area contributed by atoms with E-state index in [-0.39, 0.29) is 11.5 Å². The molecule has 4 nitrogen and oxygen atoms in total. The van der Waals surface area contributed by atoms with Gasteiger partial charge in [0.25, 0.3) is 0 Å². The first-order valence-electron chi connectivity index (χ1n) is 6.63. The van der Waals surface area contributed by atoms with Crippen LogP contribution >= 0.6 is 0 Å². The van der Waals surface area contributed by atoms with Crippen LogP contribution in [0.3, 0.4) is 0 Å². The summed E-state index contributed by atoms with van der Waals surface area (Å²) in [6.07, 6.45) is 0.716. The lowest BCUT2D eigenvalue weighted by atomic mass is 9.85. The van der Waals surface area contributed by atoms with Gasteiger partial charge in [-0.25, -0.2) is 4.79 Å². The third kappa shape index (κ3) is 3.40. The number of hydrogen-bond acceptors (Lipinski definition) is 2. The number of rotatable bonds is 2. The van der Waals surface area contributed by atoms with Crippen molar-refractivity contribution >= 4 is 6.09 Å². The summed E-state index contributed by atoms with van der Waals surface area (Å²) in [5.74, 6) is 0.886. The van der Waals surface area contributed by atoms with Crippen LogP contribution in [0.5, 0.6) is 5.75 Å². The van der Waals surface area contributed by atoms with Gasteiger partial charge in [0.15, 0.2) is 0 Å². The Balaban J connectivity index is 2.08. The average molecular weight is 263 g/mol. The zero-order chi connectivity index (χ0) is 14.0. The van der Waals surface area contributed by atoms with E-state index in [1.54, 1.807) is 0 Å². The molecule has 2 N–H and O–H groups in total. The van der Waals surface area contributed by atoms with Crippen LogP contribution in [-0.4, -0.2) is 23.8 Å². The average Bonchev–Trinajstić information content (AvgIpc) is 2.34. The summed E-state index contributed by atoms with van der Waals surface area (Å²) in [7, 11) is 0. The number of ether oxygens (including phenoxy) is 1. The summed E-state index contributed by atoms with van der Waals surface area (Å²) in [6, 6.07) is 6.30. The lowest BCUT2D eigenvalue weighted by Gasteiger charge is -2.28. The van der Waals surface area contributed by atoms with Crippen LogP contribution in [0.1, 0.15) is 38.3 Å². The molecule has 1 aliphatic rings. The summed E-state index contributed by atoms with van der Waals surface area (Å²) < 4.78 is 5.82. The van der Waals surface area contributed by atoms with Crippen LogP contribution in [0, 0.1) is 0 Å². The largest absolute Gasteiger partial charge is 0.488 e. The van der Waals surface area contributed by atoms with Crippen LogP contribution in [0.15, 0.2) is 18.2 Å². The first-order valence-corrected chi connectivity index (χ1v) is 6.63. The number of amides is 1. The number of hydrogen-bond donors (Lipinski definition) is 2. The smallest absolute Gasteiger partial charge is 0.404 e. The van der Waals surface area contributed by atoms with Gasteiger partial charge >= 0.3 is 6.09 Å². The minimum Gasteiger partial charge on any atom is -0.488 e. The molecule has 1 aromatic carbocycles. The molecule has 104 valence electrons. The Bertz CT molecular complexity index is 477. The minimum atomic E-state index is -1.00. The highest BCUT2D eigenvalue weighted by Gasteiger charge is 2.22. The van der Waals surface area contributed by atoms with E-state index in [1.165, 1.54) is 11.1 Å². The monoisotopic (exact) mass is 263 g/mol. The van der Waals surface area contributed by atoms with Gasteiger partial charge in [0.2, 0.25) is 0 Å². The molecule has 1 heterocycles. The number of aryl methyl sites for hydroxylation is 1. The molecule has 0 saturated carbocycles. The molecule has 1 amide bonds. The van der Waals surface area contributed by atoms with Gasteiger partial charge in [-0.15, -0.1) is 0 Å². The number of benzene rings is 1. The molecular weight excluding hydrogens is 242 g/mol. The van der Waals surface area contributed by atoms with Crippen molar-refractivity contribution in [2.24, 2.45) is 0 Å². The summed E-state index contributed by atoms with van der Waals surface area (Å²) >= 11 is 0.